The molecular formula is C12H15N3O6S. The van der Waals surface area contributed by atoms with Crippen molar-refractivity contribution in [1.29, 1.82) is 0 Å². The van der Waals surface area contributed by atoms with Crippen LogP contribution in [0.15, 0.2) is 12.5 Å². The summed E-state index contributed by atoms with van der Waals surface area (Å²) in [6.07, 6.45) is 2.29. The van der Waals surface area contributed by atoms with Crippen LogP contribution in [0, 0.1) is 0 Å². The Morgan fingerprint density at radius 2 is 2.00 bits per heavy atom. The summed E-state index contributed by atoms with van der Waals surface area (Å²) in [7, 11) is 0. The molecule has 9 nitrogen and oxygen atoms in total. The SMILES string of the molecule is CC(=O)SC(CC(=O)NC(Cc1cnc[nH]1)C(=O)O)C(=O)O. The van der Waals surface area contributed by atoms with E-state index in [0.29, 0.717) is 17.5 Å². The zero-order valence-electron chi connectivity index (χ0n) is 11.6. The number of aromatic nitrogens is 2. The van der Waals surface area contributed by atoms with Crippen molar-refractivity contribution in [1.82, 2.24) is 15.3 Å². The highest BCUT2D eigenvalue weighted by Gasteiger charge is 2.27. The molecule has 1 aromatic rings. The van der Waals surface area contributed by atoms with E-state index in [1.54, 1.807) is 0 Å². The Kier molecular flexibility index (Phi) is 6.57. The Morgan fingerprint density at radius 1 is 1.32 bits per heavy atom. The van der Waals surface area contributed by atoms with Gasteiger partial charge in [-0.05, 0) is 0 Å². The lowest BCUT2D eigenvalue weighted by Crippen LogP contribution is -2.43. The van der Waals surface area contributed by atoms with Crippen molar-refractivity contribution in [3.63, 3.8) is 0 Å². The zero-order chi connectivity index (χ0) is 16.7. The summed E-state index contributed by atoms with van der Waals surface area (Å²) in [5, 5.41) is 18.6. The van der Waals surface area contributed by atoms with Gasteiger partial charge in [-0.15, -0.1) is 0 Å². The fourth-order valence-electron chi connectivity index (χ4n) is 1.62. The van der Waals surface area contributed by atoms with E-state index in [9.17, 15) is 19.2 Å². The van der Waals surface area contributed by atoms with E-state index in [-0.39, 0.29) is 6.42 Å². The lowest BCUT2D eigenvalue weighted by Gasteiger charge is -2.15. The van der Waals surface area contributed by atoms with Crippen LogP contribution in [0.4, 0.5) is 0 Å². The molecule has 0 spiro atoms. The molecule has 2 atom stereocenters. The van der Waals surface area contributed by atoms with Gasteiger partial charge in [-0.3, -0.25) is 14.4 Å². The van der Waals surface area contributed by atoms with E-state index in [4.69, 9.17) is 10.2 Å². The summed E-state index contributed by atoms with van der Waals surface area (Å²) >= 11 is 0.514. The molecule has 0 bridgehead atoms. The number of hydrogen-bond donors (Lipinski definition) is 4. The van der Waals surface area contributed by atoms with Gasteiger partial charge in [-0.25, -0.2) is 9.78 Å². The Balaban J connectivity index is 2.64. The molecule has 120 valence electrons. The summed E-state index contributed by atoms with van der Waals surface area (Å²) in [5.74, 6) is -3.32. The number of nitrogens with one attached hydrogen (secondary N) is 2. The molecule has 1 heterocycles. The van der Waals surface area contributed by atoms with Crippen LogP contribution in [0.25, 0.3) is 0 Å². The highest BCUT2D eigenvalue weighted by molar-refractivity contribution is 8.14. The number of imidazole rings is 1. The first kappa shape index (κ1) is 17.7. The fraction of sp³-hybridized carbons (Fsp3) is 0.417. The number of amides is 1. The van der Waals surface area contributed by atoms with Crippen molar-refractivity contribution in [3.05, 3.63) is 18.2 Å². The number of aromatic amines is 1. The van der Waals surface area contributed by atoms with Crippen LogP contribution in [0.1, 0.15) is 19.0 Å². The van der Waals surface area contributed by atoms with Gasteiger partial charge in [0.25, 0.3) is 0 Å². The van der Waals surface area contributed by atoms with Crippen molar-refractivity contribution >= 4 is 34.7 Å². The maximum atomic E-state index is 11.8. The van der Waals surface area contributed by atoms with Gasteiger partial charge in [0.05, 0.1) is 6.33 Å². The molecule has 2 unspecified atom stereocenters. The van der Waals surface area contributed by atoms with E-state index in [1.165, 1.54) is 19.4 Å². The molecule has 1 amide bonds. The molecular weight excluding hydrogens is 314 g/mol. The van der Waals surface area contributed by atoms with Crippen LogP contribution in [0.2, 0.25) is 0 Å². The van der Waals surface area contributed by atoms with Gasteiger partial charge in [0.1, 0.15) is 11.3 Å². The second-order valence-corrected chi connectivity index (χ2v) is 5.76. The minimum atomic E-state index is -1.31. The van der Waals surface area contributed by atoms with Gasteiger partial charge in [0.15, 0.2) is 5.12 Å². The van der Waals surface area contributed by atoms with Gasteiger partial charge in [-0.2, -0.15) is 0 Å². The van der Waals surface area contributed by atoms with Crippen LogP contribution in [-0.4, -0.2) is 54.4 Å². The molecule has 10 heteroatoms. The topological polar surface area (TPSA) is 149 Å². The third kappa shape index (κ3) is 5.95. The Morgan fingerprint density at radius 3 is 2.45 bits per heavy atom. The number of carbonyl (C=O) groups is 4. The number of thioether (sulfide) groups is 1. The molecule has 0 radical (unpaired) electrons. The Labute approximate surface area is 129 Å². The monoisotopic (exact) mass is 329 g/mol. The highest BCUT2D eigenvalue weighted by atomic mass is 32.2. The van der Waals surface area contributed by atoms with Crippen molar-refractivity contribution in [2.75, 3.05) is 0 Å². The van der Waals surface area contributed by atoms with Gasteiger partial charge in [0, 0.05) is 31.7 Å². The first-order valence-corrected chi connectivity index (χ1v) is 7.07. The van der Waals surface area contributed by atoms with Gasteiger partial charge < -0.3 is 20.5 Å². The predicted octanol–water partition coefficient (Wildman–Crippen LogP) is -0.355. The Bertz CT molecular complexity index is 559. The van der Waals surface area contributed by atoms with Crippen LogP contribution in [-0.2, 0) is 25.6 Å². The molecule has 0 aromatic carbocycles. The number of carboxylic acids is 2. The van der Waals surface area contributed by atoms with Crippen molar-refractivity contribution in [2.24, 2.45) is 0 Å². The van der Waals surface area contributed by atoms with E-state index >= 15 is 0 Å². The fourth-order valence-corrected chi connectivity index (χ4v) is 2.35. The van der Waals surface area contributed by atoms with Crippen LogP contribution in [0.5, 0.6) is 0 Å². The normalized spacial score (nSPS) is 13.1. The molecule has 0 aliphatic rings. The van der Waals surface area contributed by atoms with Crippen LogP contribution >= 0.6 is 11.8 Å². The Hall–Kier alpha value is -2.36. The summed E-state index contributed by atoms with van der Waals surface area (Å²) < 4.78 is 0. The third-order valence-corrected chi connectivity index (χ3v) is 3.55. The second kappa shape index (κ2) is 8.17. The number of carbonyl (C=O) groups excluding carboxylic acids is 2. The highest BCUT2D eigenvalue weighted by Crippen LogP contribution is 2.16. The summed E-state index contributed by atoms with van der Waals surface area (Å²) in [6, 6.07) is -1.22. The average Bonchev–Trinajstić information content (AvgIpc) is 2.89. The van der Waals surface area contributed by atoms with Gasteiger partial charge in [0.2, 0.25) is 5.91 Å². The first-order chi connectivity index (χ1) is 10.3. The van der Waals surface area contributed by atoms with Crippen molar-refractivity contribution in [3.8, 4) is 0 Å². The van der Waals surface area contributed by atoms with E-state index < -0.39 is 40.7 Å². The molecule has 22 heavy (non-hydrogen) atoms. The lowest BCUT2D eigenvalue weighted by atomic mass is 10.1. The zero-order valence-corrected chi connectivity index (χ0v) is 12.4. The number of nitrogens with zero attached hydrogens (tertiary/aromatic N) is 1. The quantitative estimate of drug-likeness (QED) is 0.505. The maximum absolute atomic E-state index is 11.8. The molecule has 0 saturated carbocycles. The largest absolute Gasteiger partial charge is 0.480 e. The average molecular weight is 329 g/mol. The first-order valence-electron chi connectivity index (χ1n) is 6.19. The van der Waals surface area contributed by atoms with E-state index in [2.05, 4.69) is 15.3 Å². The van der Waals surface area contributed by atoms with Crippen LogP contribution < -0.4 is 5.32 Å². The van der Waals surface area contributed by atoms with Crippen molar-refractivity contribution in [2.45, 2.75) is 31.1 Å². The molecule has 0 aliphatic carbocycles. The standard InChI is InChI=1S/C12H15N3O6S/c1-6(16)22-9(12(20)21)3-10(17)15-8(11(18)19)2-7-4-13-5-14-7/h4-5,8-9H,2-3H2,1H3,(H,13,14)(H,15,17)(H,18,19)(H,20,21). The lowest BCUT2D eigenvalue weighted by molar-refractivity contribution is -0.142. The van der Waals surface area contributed by atoms with Gasteiger partial charge >= 0.3 is 11.9 Å². The van der Waals surface area contributed by atoms with Gasteiger partial charge in [-0.1, -0.05) is 11.8 Å². The second-order valence-electron chi connectivity index (χ2n) is 4.38. The number of aliphatic carboxylic acids is 2. The summed E-state index contributed by atoms with van der Waals surface area (Å²) in [6.45, 7) is 1.19. The smallest absolute Gasteiger partial charge is 0.326 e. The number of carboxylic acid groups (broad SMARTS) is 2. The third-order valence-electron chi connectivity index (χ3n) is 2.57. The molecule has 0 fully saturated rings. The predicted molar refractivity (Wildman–Crippen MR) is 76.2 cm³/mol. The summed E-state index contributed by atoms with van der Waals surface area (Å²) in [5.41, 5.74) is 0.514. The number of H-pyrrole nitrogens is 1. The molecule has 0 aliphatic heterocycles. The number of rotatable bonds is 8. The van der Waals surface area contributed by atoms with Crippen LogP contribution in [0.3, 0.4) is 0 Å². The molecule has 1 rings (SSSR count). The maximum Gasteiger partial charge on any atom is 0.326 e. The van der Waals surface area contributed by atoms with E-state index in [0.717, 1.165) is 0 Å². The van der Waals surface area contributed by atoms with E-state index in [1.807, 2.05) is 0 Å². The molecule has 1 aromatic heterocycles. The van der Waals surface area contributed by atoms with Crippen molar-refractivity contribution < 1.29 is 29.4 Å². The minimum Gasteiger partial charge on any atom is -0.480 e. The molecule has 4 N–H and O–H groups in total. The molecule has 0 saturated heterocycles. The number of hydrogen-bond acceptors (Lipinski definition) is 6. The minimum absolute atomic E-state index is 0.0152. The summed E-state index contributed by atoms with van der Waals surface area (Å²) in [4.78, 5) is 51.3.